The molecule has 1 saturated heterocycles. The highest BCUT2D eigenvalue weighted by molar-refractivity contribution is 5.89. The summed E-state index contributed by atoms with van der Waals surface area (Å²) < 4.78 is 17.5. The fourth-order valence-electron chi connectivity index (χ4n) is 2.99. The summed E-state index contributed by atoms with van der Waals surface area (Å²) in [7, 11) is 0. The third kappa shape index (κ3) is 4.37. The number of nitrogens with zero attached hydrogens (tertiary/aromatic N) is 1. The topological polar surface area (TPSA) is 117 Å². The lowest BCUT2D eigenvalue weighted by molar-refractivity contribution is -0.152. The Bertz CT molecular complexity index is 980. The van der Waals surface area contributed by atoms with Crippen molar-refractivity contribution in [2.24, 2.45) is 0 Å². The van der Waals surface area contributed by atoms with Crippen LogP contribution >= 0.6 is 0 Å². The Balaban J connectivity index is 1.75. The van der Waals surface area contributed by atoms with Crippen LogP contribution in [-0.4, -0.2) is 40.3 Å². The second kappa shape index (κ2) is 8.22. The highest BCUT2D eigenvalue weighted by Gasteiger charge is 2.40. The van der Waals surface area contributed by atoms with Gasteiger partial charge in [0.25, 0.3) is 5.56 Å². The molecule has 9 nitrogen and oxygen atoms in total. The molecule has 2 aromatic rings. The van der Waals surface area contributed by atoms with E-state index in [1.165, 1.54) is 17.7 Å². The standard InChI is InChI=1S/C19H20N2O7/c1-11-9-21(19(25)20-16(11)23)17-15(27-12(2)22)8-14(28-17)10-26-18(24)13-6-4-3-5-7-13/h3-7,9,14-15,17H,8,10H2,1-2H3,(H,20,23,25). The zero-order valence-corrected chi connectivity index (χ0v) is 15.4. The summed E-state index contributed by atoms with van der Waals surface area (Å²) in [5.41, 5.74) is -0.471. The average molecular weight is 388 g/mol. The van der Waals surface area contributed by atoms with Gasteiger partial charge in [-0.3, -0.25) is 19.1 Å². The first-order valence-corrected chi connectivity index (χ1v) is 8.72. The zero-order chi connectivity index (χ0) is 20.3. The zero-order valence-electron chi connectivity index (χ0n) is 15.4. The van der Waals surface area contributed by atoms with Crippen molar-refractivity contribution in [2.45, 2.75) is 38.7 Å². The Morgan fingerprint density at radius 2 is 1.96 bits per heavy atom. The molecule has 28 heavy (non-hydrogen) atoms. The molecule has 0 spiro atoms. The maximum atomic E-state index is 12.2. The van der Waals surface area contributed by atoms with E-state index in [1.807, 2.05) is 0 Å². The van der Waals surface area contributed by atoms with Crippen molar-refractivity contribution in [3.8, 4) is 0 Å². The van der Waals surface area contributed by atoms with Crippen molar-refractivity contribution in [1.82, 2.24) is 9.55 Å². The average Bonchev–Trinajstić information content (AvgIpc) is 3.05. The number of carbonyl (C=O) groups is 2. The lowest BCUT2D eigenvalue weighted by Crippen LogP contribution is -2.37. The molecule has 1 fully saturated rings. The van der Waals surface area contributed by atoms with E-state index in [-0.39, 0.29) is 13.0 Å². The van der Waals surface area contributed by atoms with E-state index < -0.39 is 41.6 Å². The lowest BCUT2D eigenvalue weighted by atomic mass is 10.2. The number of hydrogen-bond acceptors (Lipinski definition) is 7. The Kier molecular flexibility index (Phi) is 5.74. The van der Waals surface area contributed by atoms with Crippen LogP contribution in [0.25, 0.3) is 0 Å². The van der Waals surface area contributed by atoms with Crippen LogP contribution < -0.4 is 11.2 Å². The maximum Gasteiger partial charge on any atom is 0.338 e. The Hall–Kier alpha value is -3.20. The number of esters is 2. The molecule has 3 unspecified atom stereocenters. The summed E-state index contributed by atoms with van der Waals surface area (Å²) in [6, 6.07) is 8.49. The molecule has 1 aromatic carbocycles. The first-order chi connectivity index (χ1) is 13.3. The molecule has 3 rings (SSSR count). The van der Waals surface area contributed by atoms with Gasteiger partial charge < -0.3 is 14.2 Å². The van der Waals surface area contributed by atoms with Crippen LogP contribution in [0.2, 0.25) is 0 Å². The molecule has 2 heterocycles. The minimum atomic E-state index is -0.938. The molecule has 0 aliphatic carbocycles. The largest absolute Gasteiger partial charge is 0.459 e. The van der Waals surface area contributed by atoms with Gasteiger partial charge in [0.05, 0.1) is 11.7 Å². The van der Waals surface area contributed by atoms with Gasteiger partial charge in [0, 0.05) is 25.1 Å². The summed E-state index contributed by atoms with van der Waals surface area (Å²) in [5.74, 6) is -1.04. The van der Waals surface area contributed by atoms with Crippen molar-refractivity contribution in [1.29, 1.82) is 0 Å². The van der Waals surface area contributed by atoms with E-state index in [9.17, 15) is 19.2 Å². The van der Waals surface area contributed by atoms with Gasteiger partial charge in [-0.25, -0.2) is 9.59 Å². The van der Waals surface area contributed by atoms with Gasteiger partial charge >= 0.3 is 17.6 Å². The minimum Gasteiger partial charge on any atom is -0.459 e. The van der Waals surface area contributed by atoms with Crippen LogP contribution in [0.1, 0.15) is 35.5 Å². The SMILES string of the molecule is CC(=O)OC1CC(COC(=O)c2ccccc2)OC1n1cc(C)c(=O)[nH]c1=O. The summed E-state index contributed by atoms with van der Waals surface area (Å²) in [6.07, 6.45) is -0.702. The van der Waals surface area contributed by atoms with Crippen molar-refractivity contribution in [3.63, 3.8) is 0 Å². The van der Waals surface area contributed by atoms with Crippen LogP contribution in [0.5, 0.6) is 0 Å². The Morgan fingerprint density at radius 3 is 2.64 bits per heavy atom. The normalized spacial score (nSPS) is 21.3. The fraction of sp³-hybridized carbons (Fsp3) is 0.368. The molecule has 1 aliphatic heterocycles. The number of ether oxygens (including phenoxy) is 3. The molecule has 0 amide bonds. The first kappa shape index (κ1) is 19.6. The molecular formula is C19H20N2O7. The molecule has 9 heteroatoms. The second-order valence-corrected chi connectivity index (χ2v) is 6.48. The number of aryl methyl sites for hydroxylation is 1. The van der Waals surface area contributed by atoms with Crippen molar-refractivity contribution < 1.29 is 23.8 Å². The third-order valence-corrected chi connectivity index (χ3v) is 4.29. The summed E-state index contributed by atoms with van der Waals surface area (Å²) in [6.45, 7) is 2.73. The minimum absolute atomic E-state index is 0.0704. The number of benzene rings is 1. The highest BCUT2D eigenvalue weighted by Crippen LogP contribution is 2.30. The number of aromatic amines is 1. The van der Waals surface area contributed by atoms with Gasteiger partial charge in [0.1, 0.15) is 12.7 Å². The van der Waals surface area contributed by atoms with E-state index in [4.69, 9.17) is 14.2 Å². The van der Waals surface area contributed by atoms with Crippen LogP contribution in [0.15, 0.2) is 46.1 Å². The van der Waals surface area contributed by atoms with Gasteiger partial charge in [-0.15, -0.1) is 0 Å². The number of H-pyrrole nitrogens is 1. The van der Waals surface area contributed by atoms with Gasteiger partial charge in [-0.1, -0.05) is 18.2 Å². The third-order valence-electron chi connectivity index (χ3n) is 4.29. The Morgan fingerprint density at radius 1 is 1.25 bits per heavy atom. The van der Waals surface area contributed by atoms with Gasteiger partial charge in [-0.2, -0.15) is 0 Å². The monoisotopic (exact) mass is 388 g/mol. The van der Waals surface area contributed by atoms with Crippen molar-refractivity contribution in [3.05, 3.63) is 68.5 Å². The Labute approximate surface area is 159 Å². The maximum absolute atomic E-state index is 12.2. The summed E-state index contributed by atoms with van der Waals surface area (Å²) in [5, 5.41) is 0. The van der Waals surface area contributed by atoms with E-state index in [2.05, 4.69) is 4.98 Å². The molecular weight excluding hydrogens is 368 g/mol. The molecule has 0 radical (unpaired) electrons. The lowest BCUT2D eigenvalue weighted by Gasteiger charge is -2.20. The molecule has 1 aromatic heterocycles. The molecule has 0 bridgehead atoms. The highest BCUT2D eigenvalue weighted by atomic mass is 16.6. The summed E-state index contributed by atoms with van der Waals surface area (Å²) >= 11 is 0. The molecule has 1 aliphatic rings. The van der Waals surface area contributed by atoms with Gasteiger partial charge in [-0.05, 0) is 19.1 Å². The van der Waals surface area contributed by atoms with Crippen LogP contribution in [-0.2, 0) is 19.0 Å². The number of carbonyl (C=O) groups excluding carboxylic acids is 2. The molecule has 148 valence electrons. The van der Waals surface area contributed by atoms with Crippen molar-refractivity contribution >= 4 is 11.9 Å². The predicted octanol–water partition coefficient (Wildman–Crippen LogP) is 0.921. The fourth-order valence-corrected chi connectivity index (χ4v) is 2.99. The molecule has 3 atom stereocenters. The number of nitrogens with one attached hydrogen (secondary N) is 1. The van der Waals surface area contributed by atoms with E-state index in [0.29, 0.717) is 11.1 Å². The smallest absolute Gasteiger partial charge is 0.338 e. The predicted molar refractivity (Wildman–Crippen MR) is 96.9 cm³/mol. The van der Waals surface area contributed by atoms with Gasteiger partial charge in [0.2, 0.25) is 0 Å². The van der Waals surface area contributed by atoms with Crippen LogP contribution in [0, 0.1) is 6.92 Å². The van der Waals surface area contributed by atoms with Crippen LogP contribution in [0.3, 0.4) is 0 Å². The number of aromatic nitrogens is 2. The molecule has 0 saturated carbocycles. The van der Waals surface area contributed by atoms with Crippen LogP contribution in [0.4, 0.5) is 0 Å². The van der Waals surface area contributed by atoms with E-state index in [0.717, 1.165) is 0 Å². The van der Waals surface area contributed by atoms with E-state index >= 15 is 0 Å². The quantitative estimate of drug-likeness (QED) is 0.757. The molecule has 1 N–H and O–H groups in total. The second-order valence-electron chi connectivity index (χ2n) is 6.48. The van der Waals surface area contributed by atoms with Crippen molar-refractivity contribution in [2.75, 3.05) is 6.61 Å². The van der Waals surface area contributed by atoms with E-state index in [1.54, 1.807) is 37.3 Å². The van der Waals surface area contributed by atoms with Gasteiger partial charge in [0.15, 0.2) is 6.23 Å². The first-order valence-electron chi connectivity index (χ1n) is 8.72. The number of hydrogen-bond donors (Lipinski definition) is 1. The summed E-state index contributed by atoms with van der Waals surface area (Å²) in [4.78, 5) is 49.5. The number of rotatable bonds is 5.